The first kappa shape index (κ1) is 20.2. The Morgan fingerprint density at radius 3 is 2.40 bits per heavy atom. The van der Waals surface area contributed by atoms with Gasteiger partial charge in [0, 0.05) is 31.7 Å². The van der Waals surface area contributed by atoms with E-state index in [-0.39, 0.29) is 31.1 Å². The molecule has 0 aliphatic carbocycles. The summed E-state index contributed by atoms with van der Waals surface area (Å²) in [6.45, 7) is 1.74. The highest BCUT2D eigenvalue weighted by Gasteiger charge is 2.35. The molecule has 2 aromatic carbocycles. The fourth-order valence-electron chi connectivity index (χ4n) is 3.78. The Bertz CT molecular complexity index is 926. The van der Waals surface area contributed by atoms with Crippen LogP contribution in [0.2, 0.25) is 0 Å². The third-order valence-corrected chi connectivity index (χ3v) is 5.59. The normalized spacial score (nSPS) is 16.7. The topological polar surface area (TPSA) is 85.9 Å². The maximum atomic E-state index is 13.3. The summed E-state index contributed by atoms with van der Waals surface area (Å²) >= 11 is 0. The molecule has 8 heteroatoms. The van der Waals surface area contributed by atoms with Crippen molar-refractivity contribution in [1.82, 2.24) is 10.6 Å². The van der Waals surface area contributed by atoms with Crippen LogP contribution in [0.25, 0.3) is 0 Å². The van der Waals surface area contributed by atoms with Crippen LogP contribution in [0.1, 0.15) is 24.0 Å². The molecule has 2 amide bonds. The minimum absolute atomic E-state index is 0.175. The average molecular weight is 414 g/mol. The lowest BCUT2D eigenvalue weighted by atomic mass is 9.74. The standard InChI is InChI=1S/C22H23FN2O5/c23-17-4-2-16(3-5-17)22(7-9-28-10-8-22)13-25-21(27)20(26)24-12-15-1-6-18-19(11-15)30-14-29-18/h1-6,11H,7-10,12-14H2,(H,24,26)(H,25,27). The van der Waals surface area contributed by atoms with E-state index in [9.17, 15) is 14.0 Å². The van der Waals surface area contributed by atoms with Gasteiger partial charge >= 0.3 is 11.8 Å². The highest BCUT2D eigenvalue weighted by molar-refractivity contribution is 6.35. The molecule has 158 valence electrons. The Balaban J connectivity index is 1.35. The Hall–Kier alpha value is -3.13. The molecule has 0 saturated carbocycles. The zero-order valence-corrected chi connectivity index (χ0v) is 16.4. The molecule has 30 heavy (non-hydrogen) atoms. The number of amides is 2. The van der Waals surface area contributed by atoms with E-state index in [2.05, 4.69) is 10.6 Å². The van der Waals surface area contributed by atoms with Gasteiger partial charge in [-0.2, -0.15) is 0 Å². The van der Waals surface area contributed by atoms with E-state index in [0.717, 1.165) is 11.1 Å². The molecule has 0 atom stereocenters. The smallest absolute Gasteiger partial charge is 0.309 e. The van der Waals surface area contributed by atoms with Gasteiger partial charge in [0.05, 0.1) is 0 Å². The molecule has 4 rings (SSSR count). The highest BCUT2D eigenvalue weighted by Crippen LogP contribution is 2.34. The number of ether oxygens (including phenoxy) is 3. The van der Waals surface area contributed by atoms with Crippen molar-refractivity contribution in [3.05, 3.63) is 59.4 Å². The molecule has 0 unspecified atom stereocenters. The first-order valence-corrected chi connectivity index (χ1v) is 9.84. The van der Waals surface area contributed by atoms with Crippen molar-refractivity contribution in [2.75, 3.05) is 26.6 Å². The summed E-state index contributed by atoms with van der Waals surface area (Å²) in [6.07, 6.45) is 1.36. The second-order valence-corrected chi connectivity index (χ2v) is 7.45. The number of carbonyl (C=O) groups is 2. The lowest BCUT2D eigenvalue weighted by Crippen LogP contribution is -2.48. The van der Waals surface area contributed by atoms with E-state index in [1.54, 1.807) is 30.3 Å². The minimum atomic E-state index is -0.714. The Morgan fingerprint density at radius 2 is 1.63 bits per heavy atom. The predicted octanol–water partition coefficient (Wildman–Crippen LogP) is 2.04. The van der Waals surface area contributed by atoms with Crippen molar-refractivity contribution in [2.24, 2.45) is 0 Å². The Labute approximate surface area is 173 Å². The van der Waals surface area contributed by atoms with Gasteiger partial charge < -0.3 is 24.8 Å². The molecule has 0 bridgehead atoms. The van der Waals surface area contributed by atoms with Gasteiger partial charge in [-0.05, 0) is 48.2 Å². The van der Waals surface area contributed by atoms with E-state index >= 15 is 0 Å². The van der Waals surface area contributed by atoms with Crippen molar-refractivity contribution in [3.63, 3.8) is 0 Å². The van der Waals surface area contributed by atoms with E-state index < -0.39 is 11.8 Å². The Kier molecular flexibility index (Phi) is 5.85. The maximum absolute atomic E-state index is 13.3. The lowest BCUT2D eigenvalue weighted by Gasteiger charge is -2.37. The van der Waals surface area contributed by atoms with Crippen LogP contribution in [-0.4, -0.2) is 38.4 Å². The molecule has 2 aromatic rings. The molecule has 2 aliphatic rings. The number of halogens is 1. The van der Waals surface area contributed by atoms with Crippen LogP contribution in [0.5, 0.6) is 11.5 Å². The number of rotatable bonds is 5. The van der Waals surface area contributed by atoms with Crippen LogP contribution in [0, 0.1) is 5.82 Å². The number of benzene rings is 2. The fraction of sp³-hybridized carbons (Fsp3) is 0.364. The van der Waals surface area contributed by atoms with Gasteiger partial charge in [0.2, 0.25) is 6.79 Å². The third kappa shape index (κ3) is 4.38. The summed E-state index contributed by atoms with van der Waals surface area (Å²) < 4.78 is 29.4. The second-order valence-electron chi connectivity index (χ2n) is 7.45. The second kappa shape index (κ2) is 8.71. The quantitative estimate of drug-likeness (QED) is 0.732. The number of carbonyl (C=O) groups excluding carboxylic acids is 2. The molecule has 2 heterocycles. The number of fused-ring (bicyclic) bond motifs is 1. The molecule has 2 N–H and O–H groups in total. The van der Waals surface area contributed by atoms with Crippen molar-refractivity contribution in [2.45, 2.75) is 24.8 Å². The van der Waals surface area contributed by atoms with Crippen LogP contribution in [0.3, 0.4) is 0 Å². The molecule has 1 fully saturated rings. The number of hydrogen-bond acceptors (Lipinski definition) is 5. The first-order valence-electron chi connectivity index (χ1n) is 9.84. The van der Waals surface area contributed by atoms with Gasteiger partial charge in [-0.3, -0.25) is 9.59 Å². The monoisotopic (exact) mass is 414 g/mol. The highest BCUT2D eigenvalue weighted by atomic mass is 19.1. The fourth-order valence-corrected chi connectivity index (χ4v) is 3.78. The van der Waals surface area contributed by atoms with Gasteiger partial charge in [-0.15, -0.1) is 0 Å². The zero-order valence-electron chi connectivity index (χ0n) is 16.4. The third-order valence-electron chi connectivity index (χ3n) is 5.59. The van der Waals surface area contributed by atoms with Gasteiger partial charge in [0.15, 0.2) is 11.5 Å². The van der Waals surface area contributed by atoms with E-state index in [1.165, 1.54) is 12.1 Å². The molecular formula is C22H23FN2O5. The van der Waals surface area contributed by atoms with E-state index in [1.807, 2.05) is 0 Å². The predicted molar refractivity (Wildman–Crippen MR) is 106 cm³/mol. The maximum Gasteiger partial charge on any atom is 0.309 e. The van der Waals surface area contributed by atoms with Crippen LogP contribution < -0.4 is 20.1 Å². The van der Waals surface area contributed by atoms with Crippen molar-refractivity contribution in [3.8, 4) is 11.5 Å². The van der Waals surface area contributed by atoms with Crippen LogP contribution in [0.15, 0.2) is 42.5 Å². The summed E-state index contributed by atoms with van der Waals surface area (Å²) in [5, 5.41) is 5.35. The van der Waals surface area contributed by atoms with E-state index in [4.69, 9.17) is 14.2 Å². The summed E-state index contributed by atoms with van der Waals surface area (Å²) in [7, 11) is 0. The van der Waals surface area contributed by atoms with Crippen LogP contribution in [0.4, 0.5) is 4.39 Å². The molecule has 7 nitrogen and oxygen atoms in total. The summed E-state index contributed by atoms with van der Waals surface area (Å²) in [4.78, 5) is 24.6. The van der Waals surface area contributed by atoms with Gasteiger partial charge in [-0.25, -0.2) is 4.39 Å². The molecule has 0 spiro atoms. The Morgan fingerprint density at radius 1 is 0.933 bits per heavy atom. The number of hydrogen-bond donors (Lipinski definition) is 2. The van der Waals surface area contributed by atoms with Gasteiger partial charge in [-0.1, -0.05) is 18.2 Å². The summed E-state index contributed by atoms with van der Waals surface area (Å²) in [5.41, 5.74) is 1.33. The van der Waals surface area contributed by atoms with Gasteiger partial charge in [0.25, 0.3) is 0 Å². The van der Waals surface area contributed by atoms with Crippen LogP contribution >= 0.6 is 0 Å². The molecule has 0 radical (unpaired) electrons. The summed E-state index contributed by atoms with van der Waals surface area (Å²) in [5.74, 6) is -0.456. The zero-order chi connectivity index (χ0) is 21.0. The average Bonchev–Trinajstić information content (AvgIpc) is 3.25. The molecule has 1 saturated heterocycles. The summed E-state index contributed by atoms with van der Waals surface area (Å²) in [6, 6.07) is 11.6. The van der Waals surface area contributed by atoms with E-state index in [0.29, 0.717) is 37.6 Å². The van der Waals surface area contributed by atoms with Crippen molar-refractivity contribution >= 4 is 11.8 Å². The largest absolute Gasteiger partial charge is 0.454 e. The van der Waals surface area contributed by atoms with Crippen LogP contribution in [-0.2, 0) is 26.3 Å². The van der Waals surface area contributed by atoms with Gasteiger partial charge in [0.1, 0.15) is 5.82 Å². The SMILES string of the molecule is O=C(NCc1ccc2c(c1)OCO2)C(=O)NCC1(c2ccc(F)cc2)CCOCC1. The first-order chi connectivity index (χ1) is 14.6. The van der Waals surface area contributed by atoms with Crippen molar-refractivity contribution < 1.29 is 28.2 Å². The lowest BCUT2D eigenvalue weighted by molar-refractivity contribution is -0.139. The molecule has 0 aromatic heterocycles. The molecular weight excluding hydrogens is 391 g/mol. The molecule has 2 aliphatic heterocycles. The van der Waals surface area contributed by atoms with Crippen molar-refractivity contribution in [1.29, 1.82) is 0 Å². The minimum Gasteiger partial charge on any atom is -0.454 e. The number of nitrogens with one attached hydrogen (secondary N) is 2.